The van der Waals surface area contributed by atoms with Crippen molar-refractivity contribution < 1.29 is 4.74 Å². The van der Waals surface area contributed by atoms with Gasteiger partial charge in [-0.3, -0.25) is 0 Å². The molecule has 0 amide bonds. The van der Waals surface area contributed by atoms with E-state index in [4.69, 9.17) is 4.74 Å². The van der Waals surface area contributed by atoms with Gasteiger partial charge < -0.3 is 19.9 Å². The summed E-state index contributed by atoms with van der Waals surface area (Å²) in [6.07, 6.45) is 2.42. The van der Waals surface area contributed by atoms with Crippen LogP contribution in [0.5, 0.6) is 0 Å². The van der Waals surface area contributed by atoms with E-state index in [1.807, 2.05) is 0 Å². The Labute approximate surface area is 99.9 Å². The van der Waals surface area contributed by atoms with E-state index >= 15 is 0 Å². The molecule has 1 saturated heterocycles. The van der Waals surface area contributed by atoms with Crippen molar-refractivity contribution in [2.75, 3.05) is 60.5 Å². The highest BCUT2D eigenvalue weighted by molar-refractivity contribution is 4.80. The predicted molar refractivity (Wildman–Crippen MR) is 67.9 cm³/mol. The maximum Gasteiger partial charge on any atom is 0.0474 e. The second-order valence-electron chi connectivity index (χ2n) is 4.80. The lowest BCUT2D eigenvalue weighted by atomic mass is 10.2. The summed E-state index contributed by atoms with van der Waals surface area (Å²) in [4.78, 5) is 4.89. The monoisotopic (exact) mass is 229 g/mol. The van der Waals surface area contributed by atoms with Crippen molar-refractivity contribution in [3.05, 3.63) is 0 Å². The van der Waals surface area contributed by atoms with Gasteiger partial charge in [0.15, 0.2) is 0 Å². The van der Waals surface area contributed by atoms with E-state index in [1.54, 1.807) is 7.11 Å². The fraction of sp³-hybridized carbons (Fsp3) is 1.00. The van der Waals surface area contributed by atoms with Gasteiger partial charge in [-0.25, -0.2) is 0 Å². The third-order valence-electron chi connectivity index (χ3n) is 3.28. The van der Waals surface area contributed by atoms with Crippen LogP contribution in [0.1, 0.15) is 12.8 Å². The summed E-state index contributed by atoms with van der Waals surface area (Å²) in [5, 5.41) is 3.46. The van der Waals surface area contributed by atoms with E-state index in [2.05, 4.69) is 29.2 Å². The van der Waals surface area contributed by atoms with Crippen molar-refractivity contribution in [2.24, 2.45) is 0 Å². The summed E-state index contributed by atoms with van der Waals surface area (Å²) in [7, 11) is 6.11. The van der Waals surface area contributed by atoms with E-state index in [0.29, 0.717) is 0 Å². The smallest absolute Gasteiger partial charge is 0.0474 e. The summed E-state index contributed by atoms with van der Waals surface area (Å²) >= 11 is 0. The van der Waals surface area contributed by atoms with Gasteiger partial charge in [0.05, 0.1) is 0 Å². The molecule has 1 aliphatic rings. The molecule has 1 heterocycles. The molecule has 16 heavy (non-hydrogen) atoms. The lowest BCUT2D eigenvalue weighted by Crippen LogP contribution is -2.35. The number of likely N-dealkylation sites (tertiary alicyclic amines) is 1. The summed E-state index contributed by atoms with van der Waals surface area (Å²) in [6.45, 7) is 6.69. The molecule has 0 saturated carbocycles. The summed E-state index contributed by atoms with van der Waals surface area (Å²) < 4.78 is 5.01. The van der Waals surface area contributed by atoms with Gasteiger partial charge in [0.1, 0.15) is 0 Å². The first-order valence-corrected chi connectivity index (χ1v) is 6.32. The van der Waals surface area contributed by atoms with Crippen LogP contribution >= 0.6 is 0 Å². The zero-order chi connectivity index (χ0) is 11.8. The molecule has 1 rings (SSSR count). The minimum Gasteiger partial charge on any atom is -0.385 e. The molecule has 0 radical (unpaired) electrons. The second-order valence-corrected chi connectivity index (χ2v) is 4.80. The number of rotatable bonds is 8. The molecule has 1 fully saturated rings. The van der Waals surface area contributed by atoms with Gasteiger partial charge in [-0.2, -0.15) is 0 Å². The first-order chi connectivity index (χ1) is 7.74. The number of nitrogens with zero attached hydrogens (tertiary/aromatic N) is 2. The molecule has 0 aliphatic carbocycles. The number of ether oxygens (including phenoxy) is 1. The van der Waals surface area contributed by atoms with Crippen LogP contribution in [0, 0.1) is 0 Å². The second kappa shape index (κ2) is 8.01. The molecule has 0 aromatic carbocycles. The Morgan fingerprint density at radius 2 is 2.19 bits per heavy atom. The molecule has 0 aromatic rings. The molecule has 1 unspecified atom stereocenters. The Balaban J connectivity index is 1.94. The quantitative estimate of drug-likeness (QED) is 0.604. The highest BCUT2D eigenvalue weighted by Crippen LogP contribution is 2.11. The van der Waals surface area contributed by atoms with E-state index in [1.165, 1.54) is 26.1 Å². The van der Waals surface area contributed by atoms with Gasteiger partial charge in [-0.1, -0.05) is 0 Å². The highest BCUT2D eigenvalue weighted by Gasteiger charge is 2.22. The third kappa shape index (κ3) is 5.25. The first-order valence-electron chi connectivity index (χ1n) is 6.32. The fourth-order valence-electron chi connectivity index (χ4n) is 2.14. The van der Waals surface area contributed by atoms with E-state index in [9.17, 15) is 0 Å². The highest BCUT2D eigenvalue weighted by atomic mass is 16.5. The van der Waals surface area contributed by atoms with Crippen molar-refractivity contribution in [3.8, 4) is 0 Å². The summed E-state index contributed by atoms with van der Waals surface area (Å²) in [6, 6.07) is 0.758. The van der Waals surface area contributed by atoms with Gasteiger partial charge in [0.2, 0.25) is 0 Å². The molecule has 4 heteroatoms. The molecule has 4 nitrogen and oxygen atoms in total. The Kier molecular flexibility index (Phi) is 6.96. The Bertz CT molecular complexity index is 176. The Hall–Kier alpha value is -0.160. The summed E-state index contributed by atoms with van der Waals surface area (Å²) in [5.41, 5.74) is 0. The molecular weight excluding hydrogens is 202 g/mol. The molecule has 1 N–H and O–H groups in total. The van der Waals surface area contributed by atoms with Crippen LogP contribution in [0.25, 0.3) is 0 Å². The van der Waals surface area contributed by atoms with Crippen molar-refractivity contribution in [1.29, 1.82) is 0 Å². The van der Waals surface area contributed by atoms with Crippen molar-refractivity contribution >= 4 is 0 Å². The predicted octanol–water partition coefficient (Wildman–Crippen LogP) is 0.248. The standard InChI is InChI=1S/C12H27N3O/c1-14(2)12-5-8-15(11-12)9-7-13-6-4-10-16-3/h12-13H,4-11H2,1-3H3. The van der Waals surface area contributed by atoms with Gasteiger partial charge in [-0.15, -0.1) is 0 Å². The van der Waals surface area contributed by atoms with Crippen LogP contribution in [0.3, 0.4) is 0 Å². The first kappa shape index (κ1) is 13.9. The SMILES string of the molecule is COCCCNCCN1CCC(N(C)C)C1. The van der Waals surface area contributed by atoms with Gasteiger partial charge >= 0.3 is 0 Å². The van der Waals surface area contributed by atoms with Crippen molar-refractivity contribution in [3.63, 3.8) is 0 Å². The van der Waals surface area contributed by atoms with Crippen molar-refractivity contribution in [1.82, 2.24) is 15.1 Å². The Morgan fingerprint density at radius 3 is 2.81 bits per heavy atom. The molecule has 0 spiro atoms. The number of hydrogen-bond acceptors (Lipinski definition) is 4. The maximum absolute atomic E-state index is 5.01. The lowest BCUT2D eigenvalue weighted by molar-refractivity contribution is 0.193. The number of methoxy groups -OCH3 is 1. The fourth-order valence-corrected chi connectivity index (χ4v) is 2.14. The van der Waals surface area contributed by atoms with Crippen LogP contribution in [0.15, 0.2) is 0 Å². The van der Waals surface area contributed by atoms with Crippen LogP contribution in [0.4, 0.5) is 0 Å². The van der Waals surface area contributed by atoms with Crippen LogP contribution < -0.4 is 5.32 Å². The van der Waals surface area contributed by atoms with E-state index in [0.717, 1.165) is 32.2 Å². The third-order valence-corrected chi connectivity index (χ3v) is 3.28. The average molecular weight is 229 g/mol. The van der Waals surface area contributed by atoms with Crippen LogP contribution in [-0.2, 0) is 4.74 Å². The molecule has 0 bridgehead atoms. The number of hydrogen-bond donors (Lipinski definition) is 1. The Morgan fingerprint density at radius 1 is 1.38 bits per heavy atom. The minimum atomic E-state index is 0.758. The molecule has 96 valence electrons. The number of likely N-dealkylation sites (N-methyl/N-ethyl adjacent to an activating group) is 1. The van der Waals surface area contributed by atoms with Crippen molar-refractivity contribution in [2.45, 2.75) is 18.9 Å². The van der Waals surface area contributed by atoms with Gasteiger partial charge in [0, 0.05) is 39.4 Å². The molecular formula is C12H27N3O. The maximum atomic E-state index is 5.01. The average Bonchev–Trinajstić information content (AvgIpc) is 2.72. The lowest BCUT2D eigenvalue weighted by Gasteiger charge is -2.20. The van der Waals surface area contributed by atoms with Crippen LogP contribution in [-0.4, -0.2) is 76.4 Å². The topological polar surface area (TPSA) is 27.7 Å². The van der Waals surface area contributed by atoms with Crippen LogP contribution in [0.2, 0.25) is 0 Å². The molecule has 0 aromatic heterocycles. The summed E-state index contributed by atoms with van der Waals surface area (Å²) in [5.74, 6) is 0. The van der Waals surface area contributed by atoms with Gasteiger partial charge in [-0.05, 0) is 40.0 Å². The zero-order valence-corrected chi connectivity index (χ0v) is 11.0. The minimum absolute atomic E-state index is 0.758. The normalized spacial score (nSPS) is 22.1. The largest absolute Gasteiger partial charge is 0.385 e. The van der Waals surface area contributed by atoms with E-state index < -0.39 is 0 Å². The van der Waals surface area contributed by atoms with E-state index in [-0.39, 0.29) is 0 Å². The van der Waals surface area contributed by atoms with Gasteiger partial charge in [0.25, 0.3) is 0 Å². The number of nitrogens with one attached hydrogen (secondary N) is 1. The zero-order valence-electron chi connectivity index (χ0n) is 11.0. The molecule has 1 aliphatic heterocycles. The molecule has 1 atom stereocenters.